The minimum atomic E-state index is -0.0589. The molecule has 1 saturated heterocycles. The van der Waals surface area contributed by atoms with Crippen LogP contribution in [0.3, 0.4) is 0 Å². The number of aryl methyl sites for hydroxylation is 5. The molecule has 2 atom stereocenters. The number of rotatable bonds is 4. The van der Waals surface area contributed by atoms with Crippen molar-refractivity contribution in [2.24, 2.45) is 0 Å². The Labute approximate surface area is 213 Å². The molecule has 1 fully saturated rings. The van der Waals surface area contributed by atoms with E-state index in [2.05, 4.69) is 105 Å². The van der Waals surface area contributed by atoms with Crippen LogP contribution in [0.15, 0.2) is 66.9 Å². The van der Waals surface area contributed by atoms with Gasteiger partial charge in [0.1, 0.15) is 0 Å². The molecule has 0 bridgehead atoms. The van der Waals surface area contributed by atoms with Gasteiger partial charge in [-0.1, -0.05) is 30.3 Å². The molecule has 4 aromatic rings. The maximum atomic E-state index is 5.96. The minimum Gasteiger partial charge on any atom is -0.351 e. The van der Waals surface area contributed by atoms with Gasteiger partial charge in [0, 0.05) is 23.3 Å². The number of hydrogen-bond donors (Lipinski definition) is 1. The molecular weight excluding hydrogens is 448 g/mol. The molecule has 0 amide bonds. The standard InChI is InChI=1S/C30H32N4S/c1-18-14-19(2)16-24(15-18)34-29(27(32-30(34)35)26-12-7-8-13-31-26)25-17-22(5)33(23(25)6)28-20(3)10-9-11-21(28)4/h7-17,27,29H,1-6H3,(H,32,35)/t27-,29+/m1/s1. The summed E-state index contributed by atoms with van der Waals surface area (Å²) in [5.41, 5.74) is 12.1. The van der Waals surface area contributed by atoms with Crippen molar-refractivity contribution in [1.29, 1.82) is 0 Å². The highest BCUT2D eigenvalue weighted by molar-refractivity contribution is 7.80. The fourth-order valence-electron chi connectivity index (χ4n) is 5.63. The number of anilines is 1. The Morgan fingerprint density at radius 3 is 2.14 bits per heavy atom. The number of para-hydroxylation sites is 1. The molecule has 0 saturated carbocycles. The van der Waals surface area contributed by atoms with E-state index in [1.165, 1.54) is 44.9 Å². The first kappa shape index (κ1) is 23.3. The van der Waals surface area contributed by atoms with Gasteiger partial charge in [-0.3, -0.25) is 4.98 Å². The summed E-state index contributed by atoms with van der Waals surface area (Å²) in [7, 11) is 0. The van der Waals surface area contributed by atoms with Crippen LogP contribution in [0.2, 0.25) is 0 Å². The van der Waals surface area contributed by atoms with Crippen LogP contribution in [0.25, 0.3) is 5.69 Å². The van der Waals surface area contributed by atoms with Gasteiger partial charge in [-0.2, -0.15) is 0 Å². The van der Waals surface area contributed by atoms with E-state index in [4.69, 9.17) is 17.2 Å². The molecule has 5 heteroatoms. The van der Waals surface area contributed by atoms with Gasteiger partial charge >= 0.3 is 0 Å². The van der Waals surface area contributed by atoms with Gasteiger partial charge in [0.05, 0.1) is 23.5 Å². The topological polar surface area (TPSA) is 33.1 Å². The summed E-state index contributed by atoms with van der Waals surface area (Å²) < 4.78 is 2.40. The molecule has 35 heavy (non-hydrogen) atoms. The molecule has 2 aromatic carbocycles. The first-order chi connectivity index (χ1) is 16.8. The zero-order valence-electron chi connectivity index (χ0n) is 21.3. The monoisotopic (exact) mass is 480 g/mol. The second-order valence-corrected chi connectivity index (χ2v) is 10.1. The van der Waals surface area contributed by atoms with Crippen LogP contribution >= 0.6 is 12.2 Å². The number of benzene rings is 2. The van der Waals surface area contributed by atoms with Crippen molar-refractivity contribution in [3.8, 4) is 5.69 Å². The highest BCUT2D eigenvalue weighted by Gasteiger charge is 2.42. The van der Waals surface area contributed by atoms with Crippen molar-refractivity contribution in [2.75, 3.05) is 4.90 Å². The Kier molecular flexibility index (Phi) is 5.97. The molecule has 178 valence electrons. The van der Waals surface area contributed by atoms with Crippen LogP contribution in [0, 0.1) is 41.5 Å². The maximum absolute atomic E-state index is 5.96. The third-order valence-corrected chi connectivity index (χ3v) is 7.35. The van der Waals surface area contributed by atoms with Crippen molar-refractivity contribution in [2.45, 2.75) is 53.6 Å². The molecule has 1 aliphatic heterocycles. The largest absolute Gasteiger partial charge is 0.351 e. The van der Waals surface area contributed by atoms with Crippen molar-refractivity contribution in [3.05, 3.63) is 112 Å². The lowest BCUT2D eigenvalue weighted by Gasteiger charge is -2.29. The van der Waals surface area contributed by atoms with E-state index in [0.717, 1.165) is 16.5 Å². The molecule has 5 rings (SSSR count). The predicted molar refractivity (Wildman–Crippen MR) is 149 cm³/mol. The highest BCUT2D eigenvalue weighted by atomic mass is 32.1. The van der Waals surface area contributed by atoms with Gasteiger partial charge in [-0.25, -0.2) is 0 Å². The summed E-state index contributed by atoms with van der Waals surface area (Å²) in [5, 5.41) is 4.34. The van der Waals surface area contributed by atoms with E-state index < -0.39 is 0 Å². The lowest BCUT2D eigenvalue weighted by Crippen LogP contribution is -2.29. The lowest BCUT2D eigenvalue weighted by atomic mass is 9.96. The molecular formula is C30H32N4S. The highest BCUT2D eigenvalue weighted by Crippen LogP contribution is 2.44. The fourth-order valence-corrected chi connectivity index (χ4v) is 5.97. The molecule has 4 nitrogen and oxygen atoms in total. The summed E-state index contributed by atoms with van der Waals surface area (Å²) in [6.07, 6.45) is 1.86. The molecule has 3 heterocycles. The molecule has 1 aliphatic rings. The average Bonchev–Trinajstić information content (AvgIpc) is 3.30. The molecule has 0 radical (unpaired) electrons. The fraction of sp³-hybridized carbons (Fsp3) is 0.267. The number of nitrogens with one attached hydrogen (secondary N) is 1. The summed E-state index contributed by atoms with van der Waals surface area (Å²) in [5.74, 6) is 0. The van der Waals surface area contributed by atoms with Crippen LogP contribution in [-0.4, -0.2) is 14.7 Å². The number of nitrogens with zero attached hydrogens (tertiary/aromatic N) is 3. The zero-order chi connectivity index (χ0) is 24.9. The first-order valence-electron chi connectivity index (χ1n) is 12.1. The Balaban J connectivity index is 1.73. The van der Waals surface area contributed by atoms with E-state index in [1.807, 2.05) is 18.3 Å². The molecule has 0 unspecified atom stereocenters. The van der Waals surface area contributed by atoms with Crippen molar-refractivity contribution in [3.63, 3.8) is 0 Å². The maximum Gasteiger partial charge on any atom is 0.174 e. The van der Waals surface area contributed by atoms with Gasteiger partial charge in [-0.15, -0.1) is 0 Å². The van der Waals surface area contributed by atoms with E-state index >= 15 is 0 Å². The van der Waals surface area contributed by atoms with Gasteiger partial charge < -0.3 is 14.8 Å². The molecule has 0 aliphatic carbocycles. The quantitative estimate of drug-likeness (QED) is 0.322. The SMILES string of the molecule is Cc1cc(C)cc(N2C(=S)N[C@H](c3ccccn3)[C@@H]2c2cc(C)n(-c3c(C)cccc3C)c2C)c1. The van der Waals surface area contributed by atoms with Gasteiger partial charge in [0.25, 0.3) is 0 Å². The number of thiocarbonyl (C=S) groups is 1. The molecule has 0 spiro atoms. The Morgan fingerprint density at radius 1 is 0.829 bits per heavy atom. The summed E-state index contributed by atoms with van der Waals surface area (Å²) in [6.45, 7) is 13.1. The van der Waals surface area contributed by atoms with Crippen LogP contribution in [-0.2, 0) is 0 Å². The lowest BCUT2D eigenvalue weighted by molar-refractivity contribution is 0.565. The third-order valence-electron chi connectivity index (χ3n) is 7.03. The third kappa shape index (κ3) is 4.04. The first-order valence-corrected chi connectivity index (χ1v) is 12.5. The Bertz CT molecular complexity index is 1380. The molecule has 2 aromatic heterocycles. The second-order valence-electron chi connectivity index (χ2n) is 9.74. The predicted octanol–water partition coefficient (Wildman–Crippen LogP) is 6.90. The second kappa shape index (κ2) is 8.97. The Hall–Kier alpha value is -3.44. The average molecular weight is 481 g/mol. The number of pyridine rings is 1. The van der Waals surface area contributed by atoms with Crippen molar-refractivity contribution < 1.29 is 0 Å². The van der Waals surface area contributed by atoms with E-state index in [1.54, 1.807) is 0 Å². The minimum absolute atomic E-state index is 0.0251. The van der Waals surface area contributed by atoms with Crippen LogP contribution in [0.4, 0.5) is 5.69 Å². The summed E-state index contributed by atoms with van der Waals surface area (Å²) in [4.78, 5) is 7.01. The summed E-state index contributed by atoms with van der Waals surface area (Å²) in [6, 6.07) is 21.5. The normalized spacial score (nSPS) is 17.7. The van der Waals surface area contributed by atoms with Crippen LogP contribution in [0.5, 0.6) is 0 Å². The van der Waals surface area contributed by atoms with Crippen molar-refractivity contribution in [1.82, 2.24) is 14.9 Å². The molecule has 1 N–H and O–H groups in total. The van der Waals surface area contributed by atoms with Gasteiger partial charge in [0.2, 0.25) is 0 Å². The van der Waals surface area contributed by atoms with Gasteiger partial charge in [0.15, 0.2) is 5.11 Å². The smallest absolute Gasteiger partial charge is 0.174 e. The number of aromatic nitrogens is 2. The van der Waals surface area contributed by atoms with E-state index in [9.17, 15) is 0 Å². The Morgan fingerprint density at radius 2 is 1.51 bits per heavy atom. The summed E-state index contributed by atoms with van der Waals surface area (Å²) >= 11 is 5.96. The number of hydrogen-bond acceptors (Lipinski definition) is 2. The van der Waals surface area contributed by atoms with Crippen molar-refractivity contribution >= 4 is 23.0 Å². The van der Waals surface area contributed by atoms with E-state index in [0.29, 0.717) is 0 Å². The van der Waals surface area contributed by atoms with E-state index in [-0.39, 0.29) is 12.1 Å². The van der Waals surface area contributed by atoms with Crippen LogP contribution in [0.1, 0.15) is 57.0 Å². The zero-order valence-corrected chi connectivity index (χ0v) is 22.1. The van der Waals surface area contributed by atoms with Gasteiger partial charge in [-0.05, 0) is 112 Å². The van der Waals surface area contributed by atoms with Crippen LogP contribution < -0.4 is 10.2 Å².